The average molecular weight is 431 g/mol. The Morgan fingerprint density at radius 1 is 1.31 bits per heavy atom. The van der Waals surface area contributed by atoms with Crippen molar-refractivity contribution in [2.24, 2.45) is 5.73 Å². The van der Waals surface area contributed by atoms with Crippen molar-refractivity contribution >= 4 is 11.7 Å². The molecule has 2 aliphatic carbocycles. The summed E-state index contributed by atoms with van der Waals surface area (Å²) in [6.45, 7) is 5.91. The minimum absolute atomic E-state index is 0.219. The second-order valence-corrected chi connectivity index (χ2v) is 9.01. The highest BCUT2D eigenvalue weighted by atomic mass is 16.6. The lowest BCUT2D eigenvalue weighted by Gasteiger charge is -2.35. The van der Waals surface area contributed by atoms with Gasteiger partial charge in [-0.15, -0.1) is 0 Å². The molecule has 3 aliphatic rings. The Kier molecular flexibility index (Phi) is 4.41. The molecule has 32 heavy (non-hydrogen) atoms. The fraction of sp³-hybridized carbons (Fsp3) is 0.320. The number of fused-ring (bicyclic) bond motifs is 4. The van der Waals surface area contributed by atoms with Gasteiger partial charge in [0, 0.05) is 35.1 Å². The lowest BCUT2D eigenvalue weighted by Crippen LogP contribution is -2.63. The maximum absolute atomic E-state index is 13.9. The molecule has 0 spiro atoms. The van der Waals surface area contributed by atoms with Crippen molar-refractivity contribution < 1.29 is 19.4 Å². The standard InChI is InChI=1S/C25H25N3O4/c1-13(2)15-7-8-17-20(10-15)32-25(31)18-5-4-6-19(26)21(18)22(29)24(17,25)28-23(30)16-9-14(3)11-27-12-16/h4-5,7-13,19,31H,6,26H2,1-3H3,(H,28,30). The van der Waals surface area contributed by atoms with Gasteiger partial charge in [0.1, 0.15) is 5.75 Å². The largest absolute Gasteiger partial charge is 0.454 e. The fourth-order valence-corrected chi connectivity index (χ4v) is 4.90. The second-order valence-electron chi connectivity index (χ2n) is 9.01. The fourth-order valence-electron chi connectivity index (χ4n) is 4.90. The predicted octanol–water partition coefficient (Wildman–Crippen LogP) is 2.39. The van der Waals surface area contributed by atoms with E-state index in [-0.39, 0.29) is 17.1 Å². The number of Topliss-reactive ketones (excluding diaryl/α,β-unsaturated/α-hetero) is 1. The van der Waals surface area contributed by atoms with Gasteiger partial charge in [-0.25, -0.2) is 0 Å². The molecule has 1 amide bonds. The number of amides is 1. The van der Waals surface area contributed by atoms with Crippen LogP contribution in [0.4, 0.5) is 0 Å². The van der Waals surface area contributed by atoms with Crippen molar-refractivity contribution in [2.75, 3.05) is 0 Å². The van der Waals surface area contributed by atoms with E-state index in [2.05, 4.69) is 10.3 Å². The van der Waals surface area contributed by atoms with Gasteiger partial charge in [-0.05, 0) is 42.5 Å². The normalized spacial score (nSPS) is 27.8. The number of aliphatic hydroxyl groups is 1. The summed E-state index contributed by atoms with van der Waals surface area (Å²) in [5.41, 5.74) is 7.50. The number of hydrogen-bond donors (Lipinski definition) is 3. The number of rotatable bonds is 3. The van der Waals surface area contributed by atoms with E-state index in [0.717, 1.165) is 11.1 Å². The average Bonchev–Trinajstić information content (AvgIpc) is 3.11. The zero-order valence-corrected chi connectivity index (χ0v) is 18.2. The molecule has 0 bridgehead atoms. The maximum atomic E-state index is 13.9. The predicted molar refractivity (Wildman–Crippen MR) is 118 cm³/mol. The third kappa shape index (κ3) is 2.58. The summed E-state index contributed by atoms with van der Waals surface area (Å²) in [5, 5.41) is 14.8. The summed E-state index contributed by atoms with van der Waals surface area (Å²) in [7, 11) is 0. The monoisotopic (exact) mass is 431 g/mol. The Morgan fingerprint density at radius 3 is 2.81 bits per heavy atom. The van der Waals surface area contributed by atoms with Gasteiger partial charge in [-0.3, -0.25) is 14.6 Å². The van der Waals surface area contributed by atoms with Crippen molar-refractivity contribution in [1.29, 1.82) is 0 Å². The Bertz CT molecular complexity index is 1230. The molecule has 3 unspecified atom stereocenters. The van der Waals surface area contributed by atoms with Gasteiger partial charge in [0.2, 0.25) is 5.54 Å². The number of hydrogen-bond acceptors (Lipinski definition) is 6. The van der Waals surface area contributed by atoms with Crippen LogP contribution in [-0.4, -0.2) is 33.6 Å². The molecule has 5 rings (SSSR count). The summed E-state index contributed by atoms with van der Waals surface area (Å²) in [6.07, 6.45) is 7.01. The van der Waals surface area contributed by atoms with E-state index in [1.54, 1.807) is 24.4 Å². The Hall–Kier alpha value is -3.29. The molecule has 2 aromatic rings. The number of benzene rings is 1. The van der Waals surface area contributed by atoms with Crippen LogP contribution in [0, 0.1) is 6.92 Å². The number of nitrogens with two attached hydrogens (primary N) is 1. The van der Waals surface area contributed by atoms with Crippen LogP contribution in [0.1, 0.15) is 53.2 Å². The van der Waals surface area contributed by atoms with Gasteiger partial charge in [0.05, 0.1) is 5.56 Å². The lowest BCUT2D eigenvalue weighted by atomic mass is 9.80. The van der Waals surface area contributed by atoms with Gasteiger partial charge in [-0.2, -0.15) is 0 Å². The van der Waals surface area contributed by atoms with Crippen molar-refractivity contribution in [3.63, 3.8) is 0 Å². The quantitative estimate of drug-likeness (QED) is 0.688. The number of carbonyl (C=O) groups excluding carboxylic acids is 2. The van der Waals surface area contributed by atoms with E-state index in [9.17, 15) is 14.7 Å². The van der Waals surface area contributed by atoms with E-state index in [1.165, 1.54) is 6.20 Å². The highest BCUT2D eigenvalue weighted by Crippen LogP contribution is 2.57. The van der Waals surface area contributed by atoms with Crippen LogP contribution in [0.5, 0.6) is 5.75 Å². The van der Waals surface area contributed by atoms with Crippen LogP contribution in [0.2, 0.25) is 0 Å². The van der Waals surface area contributed by atoms with Gasteiger partial charge in [0.15, 0.2) is 5.78 Å². The molecule has 7 heteroatoms. The lowest BCUT2D eigenvalue weighted by molar-refractivity contribution is -0.154. The van der Waals surface area contributed by atoms with E-state index in [0.29, 0.717) is 23.3 Å². The summed E-state index contributed by atoms with van der Waals surface area (Å²) in [5.74, 6) is -2.49. The van der Waals surface area contributed by atoms with Crippen molar-refractivity contribution in [3.8, 4) is 5.75 Å². The Balaban J connectivity index is 1.70. The van der Waals surface area contributed by atoms with E-state index in [1.807, 2.05) is 39.0 Å². The van der Waals surface area contributed by atoms with Crippen molar-refractivity contribution in [1.82, 2.24) is 10.3 Å². The number of aryl methyl sites for hydroxylation is 1. The van der Waals surface area contributed by atoms with Crippen LogP contribution in [0.3, 0.4) is 0 Å². The summed E-state index contributed by atoms with van der Waals surface area (Å²) in [4.78, 5) is 31.3. The first-order valence-electron chi connectivity index (χ1n) is 10.7. The van der Waals surface area contributed by atoms with Gasteiger partial charge in [-0.1, -0.05) is 38.1 Å². The summed E-state index contributed by atoms with van der Waals surface area (Å²) in [6, 6.07) is 6.55. The van der Waals surface area contributed by atoms with Crippen molar-refractivity contribution in [3.05, 3.63) is 82.2 Å². The molecule has 1 aromatic carbocycles. The molecular weight excluding hydrogens is 406 g/mol. The molecule has 0 saturated carbocycles. The molecule has 0 radical (unpaired) electrons. The van der Waals surface area contributed by atoms with E-state index < -0.39 is 29.1 Å². The molecule has 7 nitrogen and oxygen atoms in total. The number of ketones is 1. The number of nitrogens with zero attached hydrogens (tertiary/aromatic N) is 1. The molecule has 3 atom stereocenters. The molecule has 1 aliphatic heterocycles. The van der Waals surface area contributed by atoms with Crippen molar-refractivity contribution in [2.45, 2.75) is 50.5 Å². The van der Waals surface area contributed by atoms with Crippen LogP contribution >= 0.6 is 0 Å². The third-order valence-electron chi connectivity index (χ3n) is 6.57. The molecule has 0 saturated heterocycles. The minimum atomic E-state index is -2.10. The molecule has 1 aromatic heterocycles. The van der Waals surface area contributed by atoms with Crippen LogP contribution in [0.15, 0.2) is 60.0 Å². The number of pyridine rings is 1. The highest BCUT2D eigenvalue weighted by molar-refractivity contribution is 6.14. The van der Waals surface area contributed by atoms with Gasteiger partial charge >= 0.3 is 0 Å². The summed E-state index contributed by atoms with van der Waals surface area (Å²) >= 11 is 0. The number of ether oxygens (including phenoxy) is 1. The first-order valence-corrected chi connectivity index (χ1v) is 10.7. The van der Waals surface area contributed by atoms with E-state index in [4.69, 9.17) is 10.5 Å². The van der Waals surface area contributed by atoms with Crippen LogP contribution < -0.4 is 15.8 Å². The highest BCUT2D eigenvalue weighted by Gasteiger charge is 2.72. The zero-order valence-electron chi connectivity index (χ0n) is 18.2. The summed E-state index contributed by atoms with van der Waals surface area (Å²) < 4.78 is 6.10. The molecule has 2 heterocycles. The minimum Gasteiger partial charge on any atom is -0.454 e. The smallest absolute Gasteiger partial charge is 0.270 e. The third-order valence-corrected chi connectivity index (χ3v) is 6.57. The first kappa shape index (κ1) is 20.6. The molecule has 4 N–H and O–H groups in total. The van der Waals surface area contributed by atoms with Crippen LogP contribution in [-0.2, 0) is 10.3 Å². The number of nitrogens with one attached hydrogen (secondary N) is 1. The van der Waals surface area contributed by atoms with Gasteiger partial charge in [0.25, 0.3) is 11.7 Å². The van der Waals surface area contributed by atoms with Gasteiger partial charge < -0.3 is 20.9 Å². The van der Waals surface area contributed by atoms with Crippen LogP contribution in [0.25, 0.3) is 0 Å². The Morgan fingerprint density at radius 2 is 2.09 bits per heavy atom. The number of carbonyl (C=O) groups is 2. The van der Waals surface area contributed by atoms with E-state index >= 15 is 0 Å². The first-order chi connectivity index (χ1) is 15.2. The maximum Gasteiger partial charge on any atom is 0.270 e. The second kappa shape index (κ2) is 6.85. The SMILES string of the molecule is Cc1cncc(C(=O)NC23C(=O)C4=C(C=CCC4N)C2(O)Oc2cc(C(C)C)ccc23)c1. The Labute approximate surface area is 186 Å². The molecule has 0 fully saturated rings. The molecular formula is C25H25N3O4. The number of aromatic nitrogens is 1. The molecule has 164 valence electrons. The topological polar surface area (TPSA) is 115 Å². The zero-order chi connectivity index (χ0) is 22.8.